The predicted octanol–water partition coefficient (Wildman–Crippen LogP) is 1.39. The minimum absolute atomic E-state index is 0.580. The third kappa shape index (κ3) is 3.21. The van der Waals surface area contributed by atoms with Crippen molar-refractivity contribution < 1.29 is 4.21 Å². The van der Waals surface area contributed by atoms with E-state index >= 15 is 0 Å². The van der Waals surface area contributed by atoms with Crippen LogP contribution in [-0.4, -0.2) is 52.8 Å². The summed E-state index contributed by atoms with van der Waals surface area (Å²) in [6.45, 7) is 1.39. The molecule has 5 rings (SSSR count). The third-order valence-corrected chi connectivity index (χ3v) is 6.43. The van der Waals surface area contributed by atoms with Gasteiger partial charge in [0, 0.05) is 50.1 Å². The largest absolute Gasteiger partial charge is 0.337 e. The first-order valence-electron chi connectivity index (χ1n) is 9.25. The number of aromatic nitrogens is 6. The van der Waals surface area contributed by atoms with E-state index in [4.69, 9.17) is 16.4 Å². The summed E-state index contributed by atoms with van der Waals surface area (Å²) in [5.41, 5.74) is 2.60. The Hall–Kier alpha value is -3.38. The second kappa shape index (κ2) is 7.22. The lowest BCUT2D eigenvalue weighted by Crippen LogP contribution is -2.31. The average molecular weight is 403 g/mol. The Balaban J connectivity index is 1.45. The lowest BCUT2D eigenvalue weighted by Gasteiger charge is -2.26. The Morgan fingerprint density at radius 2 is 2.03 bits per heavy atom. The van der Waals surface area contributed by atoms with Gasteiger partial charge in [0.1, 0.15) is 4.90 Å². The molecule has 144 valence electrons. The molecule has 8 nitrogen and oxygen atoms in total. The molecule has 0 radical (unpaired) electrons. The van der Waals surface area contributed by atoms with Gasteiger partial charge in [-0.1, -0.05) is 12.0 Å². The van der Waals surface area contributed by atoms with Crippen molar-refractivity contribution in [3.8, 4) is 18.2 Å². The zero-order valence-electron chi connectivity index (χ0n) is 15.5. The van der Waals surface area contributed by atoms with Crippen molar-refractivity contribution in [2.75, 3.05) is 23.7 Å². The van der Waals surface area contributed by atoms with E-state index < -0.39 is 10.8 Å². The van der Waals surface area contributed by atoms with Crippen molar-refractivity contribution in [1.82, 2.24) is 29.7 Å². The molecule has 0 spiro atoms. The third-order valence-electron chi connectivity index (χ3n) is 4.98. The van der Waals surface area contributed by atoms with Crippen molar-refractivity contribution in [3.63, 3.8) is 0 Å². The van der Waals surface area contributed by atoms with E-state index in [-0.39, 0.29) is 0 Å². The highest BCUT2D eigenvalue weighted by atomic mass is 32.2. The van der Waals surface area contributed by atoms with Gasteiger partial charge < -0.3 is 4.90 Å². The van der Waals surface area contributed by atoms with Gasteiger partial charge in [-0.2, -0.15) is 10.1 Å². The maximum atomic E-state index is 12.5. The van der Waals surface area contributed by atoms with Crippen LogP contribution in [0.3, 0.4) is 0 Å². The molecule has 2 aliphatic heterocycles. The Morgan fingerprint density at radius 3 is 2.72 bits per heavy atom. The van der Waals surface area contributed by atoms with Crippen LogP contribution < -0.4 is 4.90 Å². The van der Waals surface area contributed by atoms with Crippen LogP contribution in [0.5, 0.6) is 0 Å². The monoisotopic (exact) mass is 403 g/mol. The molecule has 0 saturated carbocycles. The molecule has 5 heterocycles. The maximum absolute atomic E-state index is 12.5. The number of nitrogens with zero attached hydrogens (tertiary/aromatic N) is 7. The number of terminal acetylenes is 1. The zero-order chi connectivity index (χ0) is 19.8. The molecular weight excluding hydrogens is 386 g/mol. The summed E-state index contributed by atoms with van der Waals surface area (Å²) >= 11 is 0. The van der Waals surface area contributed by atoms with E-state index in [1.807, 2.05) is 12.3 Å². The predicted molar refractivity (Wildman–Crippen MR) is 109 cm³/mol. The van der Waals surface area contributed by atoms with Gasteiger partial charge in [-0.15, -0.1) is 6.42 Å². The number of rotatable bonds is 3. The van der Waals surface area contributed by atoms with E-state index in [2.05, 4.69) is 32.0 Å². The minimum atomic E-state index is -1.09. The van der Waals surface area contributed by atoms with E-state index in [9.17, 15) is 4.21 Å². The molecule has 0 aliphatic carbocycles. The highest BCUT2D eigenvalue weighted by Gasteiger charge is 2.28. The Bertz CT molecular complexity index is 1160. The van der Waals surface area contributed by atoms with Crippen LogP contribution in [0.4, 0.5) is 5.95 Å². The quantitative estimate of drug-likeness (QED) is 0.611. The normalized spacial score (nSPS) is 18.2. The van der Waals surface area contributed by atoms with E-state index in [0.29, 0.717) is 46.8 Å². The van der Waals surface area contributed by atoms with Gasteiger partial charge in [0.15, 0.2) is 11.6 Å². The van der Waals surface area contributed by atoms with Crippen LogP contribution in [0.15, 0.2) is 41.8 Å². The van der Waals surface area contributed by atoms with Crippen molar-refractivity contribution in [3.05, 3.63) is 54.0 Å². The first kappa shape index (κ1) is 17.7. The van der Waals surface area contributed by atoms with Gasteiger partial charge in [-0.05, 0) is 18.1 Å². The number of anilines is 1. The lowest BCUT2D eigenvalue weighted by molar-refractivity contribution is 0.683. The number of hydrogen-bond acceptors (Lipinski definition) is 7. The molecule has 1 atom stereocenters. The molecule has 29 heavy (non-hydrogen) atoms. The van der Waals surface area contributed by atoms with Gasteiger partial charge in [0.05, 0.1) is 22.1 Å². The Labute approximate surface area is 170 Å². The average Bonchev–Trinajstić information content (AvgIpc) is 3.44. The highest BCUT2D eigenvalue weighted by molar-refractivity contribution is 7.85. The van der Waals surface area contributed by atoms with Gasteiger partial charge in [0.2, 0.25) is 5.95 Å². The summed E-state index contributed by atoms with van der Waals surface area (Å²) < 4.78 is 14.1. The Morgan fingerprint density at radius 1 is 1.17 bits per heavy atom. The number of hydrogen-bond donors (Lipinski definition) is 0. The smallest absolute Gasteiger partial charge is 0.227 e. The second-order valence-corrected chi connectivity index (χ2v) is 8.25. The van der Waals surface area contributed by atoms with Crippen LogP contribution in [0.2, 0.25) is 0 Å². The summed E-state index contributed by atoms with van der Waals surface area (Å²) in [6.07, 6.45) is 15.8. The molecule has 0 bridgehead atoms. The van der Waals surface area contributed by atoms with Crippen molar-refractivity contribution in [1.29, 1.82) is 0 Å². The van der Waals surface area contributed by atoms with Crippen LogP contribution >= 0.6 is 0 Å². The standard InChI is InChI=1S/C20H17N7OS/c1-2-14-12-21-18(22-13-14)15-4-9-26(10-5-15)20-24-16-6-11-29(28)17(16)19(25-20)27-8-3-7-23-27/h1,3-4,7-8,12-13H,5-6,9-11H2/t29-/m0/s1. The van der Waals surface area contributed by atoms with Crippen molar-refractivity contribution >= 4 is 22.3 Å². The molecule has 0 fully saturated rings. The maximum Gasteiger partial charge on any atom is 0.227 e. The topological polar surface area (TPSA) is 89.7 Å². The molecular formula is C20H17N7OS. The van der Waals surface area contributed by atoms with E-state index in [1.165, 1.54) is 0 Å². The van der Waals surface area contributed by atoms with Gasteiger partial charge >= 0.3 is 0 Å². The molecule has 0 unspecified atom stereocenters. The summed E-state index contributed by atoms with van der Waals surface area (Å²) in [5.74, 6) is 5.05. The van der Waals surface area contributed by atoms with Crippen molar-refractivity contribution in [2.24, 2.45) is 0 Å². The summed E-state index contributed by atoms with van der Waals surface area (Å²) in [5, 5.41) is 4.28. The fourth-order valence-electron chi connectivity index (χ4n) is 3.48. The van der Waals surface area contributed by atoms with Crippen LogP contribution in [0.1, 0.15) is 23.5 Å². The molecule has 9 heteroatoms. The summed E-state index contributed by atoms with van der Waals surface area (Å²) in [6, 6.07) is 1.83. The van der Waals surface area contributed by atoms with Gasteiger partial charge in [-0.3, -0.25) is 4.21 Å². The summed E-state index contributed by atoms with van der Waals surface area (Å²) in [7, 11) is -1.09. The van der Waals surface area contributed by atoms with Crippen LogP contribution in [-0.2, 0) is 17.2 Å². The van der Waals surface area contributed by atoms with Crippen LogP contribution in [0, 0.1) is 12.3 Å². The van der Waals surface area contributed by atoms with Crippen LogP contribution in [0.25, 0.3) is 11.4 Å². The first-order chi connectivity index (χ1) is 14.2. The molecule has 0 N–H and O–H groups in total. The van der Waals surface area contributed by atoms with E-state index in [1.54, 1.807) is 23.3 Å². The minimum Gasteiger partial charge on any atom is -0.337 e. The zero-order valence-corrected chi connectivity index (χ0v) is 16.3. The van der Waals surface area contributed by atoms with E-state index in [0.717, 1.165) is 24.2 Å². The van der Waals surface area contributed by atoms with Crippen molar-refractivity contribution in [2.45, 2.75) is 17.7 Å². The number of aryl methyl sites for hydroxylation is 1. The lowest BCUT2D eigenvalue weighted by atomic mass is 10.1. The number of fused-ring (bicyclic) bond motifs is 1. The molecule has 2 aliphatic rings. The highest BCUT2D eigenvalue weighted by Crippen LogP contribution is 2.30. The second-order valence-electron chi connectivity index (χ2n) is 6.74. The van der Waals surface area contributed by atoms with Gasteiger partial charge in [-0.25, -0.2) is 19.6 Å². The SMILES string of the molecule is C#Cc1cnc(C2=CCN(c3nc4c(c(-n5cccn5)n3)[S@@](=O)CC4)CC2)nc1. The first-order valence-corrected chi connectivity index (χ1v) is 10.6. The Kier molecular flexibility index (Phi) is 4.41. The molecule has 0 amide bonds. The fourth-order valence-corrected chi connectivity index (χ4v) is 4.81. The summed E-state index contributed by atoms with van der Waals surface area (Å²) in [4.78, 5) is 21.0. The molecule has 0 aromatic carbocycles. The molecule has 0 saturated heterocycles. The fraction of sp³-hybridized carbons (Fsp3) is 0.250. The van der Waals surface area contributed by atoms with Gasteiger partial charge in [0.25, 0.3) is 0 Å². The molecule has 3 aromatic heterocycles. The molecule has 3 aromatic rings.